The molecule has 72 valence electrons. The first kappa shape index (κ1) is 9.37. The first-order chi connectivity index (χ1) is 6.18. The molecule has 6 heteroatoms. The fourth-order valence-corrected chi connectivity index (χ4v) is 0.911. The predicted octanol–water partition coefficient (Wildman–Crippen LogP) is 0.246. The highest BCUT2D eigenvalue weighted by atomic mass is 16.4. The number of carbonyl (C=O) groups is 1. The summed E-state index contributed by atoms with van der Waals surface area (Å²) in [5.74, 6) is 0.117. The van der Waals surface area contributed by atoms with Crippen LogP contribution >= 0.6 is 0 Å². The summed E-state index contributed by atoms with van der Waals surface area (Å²) >= 11 is 0. The average molecular weight is 185 g/mol. The van der Waals surface area contributed by atoms with Gasteiger partial charge in [0.15, 0.2) is 5.75 Å². The molecule has 1 aromatic rings. The lowest BCUT2D eigenvalue weighted by Crippen LogP contribution is -2.22. The highest BCUT2D eigenvalue weighted by Crippen LogP contribution is 2.03. The van der Waals surface area contributed by atoms with Crippen LogP contribution < -0.4 is 5.32 Å². The Morgan fingerprint density at radius 1 is 1.69 bits per heavy atom. The first-order valence-electron chi connectivity index (χ1n) is 3.86. The monoisotopic (exact) mass is 185 g/mol. The molecule has 0 saturated heterocycles. The first-order valence-corrected chi connectivity index (χ1v) is 3.86. The molecular formula is C7H11N3O3. The molecule has 0 unspecified atom stereocenters. The van der Waals surface area contributed by atoms with Gasteiger partial charge in [0.2, 0.25) is 0 Å². The quantitative estimate of drug-likeness (QED) is 0.586. The Labute approximate surface area is 74.8 Å². The summed E-state index contributed by atoms with van der Waals surface area (Å²) in [7, 11) is 0. The number of aromatic hydroxyl groups is 1. The highest BCUT2D eigenvalue weighted by molar-refractivity contribution is 5.64. The summed E-state index contributed by atoms with van der Waals surface area (Å²) in [4.78, 5) is 10.0. The smallest absolute Gasteiger partial charge is 0.404 e. The number of carboxylic acid groups (broad SMARTS) is 1. The van der Waals surface area contributed by atoms with Gasteiger partial charge in [-0.3, -0.25) is 4.68 Å². The summed E-state index contributed by atoms with van der Waals surface area (Å²) < 4.78 is 1.55. The lowest BCUT2D eigenvalue weighted by atomic mass is 10.4. The molecule has 0 aliphatic heterocycles. The fraction of sp³-hybridized carbons (Fsp3) is 0.429. The zero-order valence-corrected chi connectivity index (χ0v) is 6.97. The van der Waals surface area contributed by atoms with Gasteiger partial charge in [0.25, 0.3) is 0 Å². The maximum absolute atomic E-state index is 10.0. The summed E-state index contributed by atoms with van der Waals surface area (Å²) in [6, 6.07) is 0. The lowest BCUT2D eigenvalue weighted by molar-refractivity contribution is 0.194. The number of hydrogen-bond donors (Lipinski definition) is 3. The third kappa shape index (κ3) is 3.46. The third-order valence-electron chi connectivity index (χ3n) is 1.46. The van der Waals surface area contributed by atoms with Gasteiger partial charge in [-0.25, -0.2) is 4.79 Å². The SMILES string of the molecule is O=C(O)NCCCn1cc(O)cn1. The van der Waals surface area contributed by atoms with Crippen molar-refractivity contribution in [2.75, 3.05) is 6.54 Å². The van der Waals surface area contributed by atoms with Crippen molar-refractivity contribution in [1.29, 1.82) is 0 Å². The number of nitrogens with zero attached hydrogens (tertiary/aromatic N) is 2. The van der Waals surface area contributed by atoms with E-state index in [4.69, 9.17) is 10.2 Å². The van der Waals surface area contributed by atoms with E-state index in [1.54, 1.807) is 4.68 Å². The minimum absolute atomic E-state index is 0.117. The molecule has 6 nitrogen and oxygen atoms in total. The number of aryl methyl sites for hydroxylation is 1. The van der Waals surface area contributed by atoms with Gasteiger partial charge in [0.1, 0.15) is 0 Å². The number of amides is 1. The molecule has 0 atom stereocenters. The van der Waals surface area contributed by atoms with Crippen LogP contribution in [0.4, 0.5) is 4.79 Å². The normalized spacial score (nSPS) is 9.85. The molecule has 1 amide bonds. The van der Waals surface area contributed by atoms with Crippen LogP contribution in [0.25, 0.3) is 0 Å². The second-order valence-electron chi connectivity index (χ2n) is 2.55. The number of nitrogens with one attached hydrogen (secondary N) is 1. The molecule has 0 fully saturated rings. The van der Waals surface area contributed by atoms with Gasteiger partial charge in [0.05, 0.1) is 12.4 Å². The molecule has 0 saturated carbocycles. The molecule has 1 rings (SSSR count). The second-order valence-corrected chi connectivity index (χ2v) is 2.55. The van der Waals surface area contributed by atoms with Crippen LogP contribution in [-0.2, 0) is 6.54 Å². The Hall–Kier alpha value is -1.72. The molecular weight excluding hydrogens is 174 g/mol. The van der Waals surface area contributed by atoms with E-state index < -0.39 is 6.09 Å². The molecule has 0 spiro atoms. The van der Waals surface area contributed by atoms with Gasteiger partial charge >= 0.3 is 6.09 Å². The van der Waals surface area contributed by atoms with Gasteiger partial charge in [-0.2, -0.15) is 5.10 Å². The number of rotatable bonds is 4. The van der Waals surface area contributed by atoms with Gasteiger partial charge in [-0.05, 0) is 6.42 Å². The lowest BCUT2D eigenvalue weighted by Gasteiger charge is -2.00. The van der Waals surface area contributed by atoms with Gasteiger partial charge in [-0.1, -0.05) is 0 Å². The molecule has 0 bridgehead atoms. The van der Waals surface area contributed by atoms with Gasteiger partial charge < -0.3 is 15.5 Å². The largest absolute Gasteiger partial charge is 0.505 e. The zero-order valence-electron chi connectivity index (χ0n) is 6.97. The Morgan fingerprint density at radius 2 is 2.46 bits per heavy atom. The summed E-state index contributed by atoms with van der Waals surface area (Å²) in [5.41, 5.74) is 0. The van der Waals surface area contributed by atoms with E-state index in [1.807, 2.05) is 0 Å². The van der Waals surface area contributed by atoms with Crippen molar-refractivity contribution in [2.45, 2.75) is 13.0 Å². The third-order valence-corrected chi connectivity index (χ3v) is 1.46. The van der Waals surface area contributed by atoms with E-state index in [-0.39, 0.29) is 5.75 Å². The van der Waals surface area contributed by atoms with Gasteiger partial charge in [-0.15, -0.1) is 0 Å². The summed E-state index contributed by atoms with van der Waals surface area (Å²) in [5, 5.41) is 23.2. The van der Waals surface area contributed by atoms with Crippen molar-refractivity contribution >= 4 is 6.09 Å². The maximum atomic E-state index is 10.0. The summed E-state index contributed by atoms with van der Waals surface area (Å²) in [6.07, 6.45) is 2.45. The van der Waals surface area contributed by atoms with Gasteiger partial charge in [0, 0.05) is 13.1 Å². The molecule has 0 aliphatic carbocycles. The van der Waals surface area contributed by atoms with Crippen LogP contribution in [0.1, 0.15) is 6.42 Å². The van der Waals surface area contributed by atoms with Crippen LogP contribution in [0.15, 0.2) is 12.4 Å². The Bertz CT molecular complexity index is 284. The predicted molar refractivity (Wildman–Crippen MR) is 44.5 cm³/mol. The van der Waals surface area contributed by atoms with Crippen molar-refractivity contribution in [3.05, 3.63) is 12.4 Å². The maximum Gasteiger partial charge on any atom is 0.404 e. The van der Waals surface area contributed by atoms with Crippen molar-refractivity contribution in [2.24, 2.45) is 0 Å². The van der Waals surface area contributed by atoms with Crippen molar-refractivity contribution in [1.82, 2.24) is 15.1 Å². The molecule has 1 aromatic heterocycles. The number of aromatic nitrogens is 2. The second kappa shape index (κ2) is 4.34. The Morgan fingerprint density at radius 3 is 3.00 bits per heavy atom. The van der Waals surface area contributed by atoms with Crippen molar-refractivity contribution < 1.29 is 15.0 Å². The van der Waals surface area contributed by atoms with E-state index in [9.17, 15) is 4.79 Å². The molecule has 13 heavy (non-hydrogen) atoms. The van der Waals surface area contributed by atoms with Crippen LogP contribution in [-0.4, -0.2) is 32.6 Å². The summed E-state index contributed by atoms with van der Waals surface area (Å²) in [6.45, 7) is 0.969. The Balaban J connectivity index is 2.16. The standard InChI is InChI=1S/C7H11N3O3/c11-6-4-9-10(5-6)3-1-2-8-7(12)13/h4-5,8,11H,1-3H2,(H,12,13). The van der Waals surface area contributed by atoms with Crippen molar-refractivity contribution in [3.8, 4) is 5.75 Å². The fourth-order valence-electron chi connectivity index (χ4n) is 0.911. The van der Waals surface area contributed by atoms with E-state index in [2.05, 4.69) is 10.4 Å². The molecule has 0 radical (unpaired) electrons. The van der Waals surface area contributed by atoms with E-state index >= 15 is 0 Å². The molecule has 1 heterocycles. The molecule has 0 aromatic carbocycles. The van der Waals surface area contributed by atoms with E-state index in [1.165, 1.54) is 12.4 Å². The Kier molecular flexibility index (Phi) is 3.13. The van der Waals surface area contributed by atoms with Crippen molar-refractivity contribution in [3.63, 3.8) is 0 Å². The zero-order chi connectivity index (χ0) is 9.68. The molecule has 3 N–H and O–H groups in total. The topological polar surface area (TPSA) is 87.4 Å². The van der Waals surface area contributed by atoms with Crippen LogP contribution in [0, 0.1) is 0 Å². The van der Waals surface area contributed by atoms with Crippen LogP contribution in [0.2, 0.25) is 0 Å². The minimum atomic E-state index is -1.02. The van der Waals surface area contributed by atoms with Crippen LogP contribution in [0.3, 0.4) is 0 Å². The van der Waals surface area contributed by atoms with Crippen LogP contribution in [0.5, 0.6) is 5.75 Å². The average Bonchev–Trinajstić information content (AvgIpc) is 2.45. The molecule has 0 aliphatic rings. The number of hydrogen-bond acceptors (Lipinski definition) is 3. The highest BCUT2D eigenvalue weighted by Gasteiger charge is 1.96. The van der Waals surface area contributed by atoms with E-state index in [0.717, 1.165) is 0 Å². The van der Waals surface area contributed by atoms with E-state index in [0.29, 0.717) is 19.5 Å². The minimum Gasteiger partial charge on any atom is -0.505 e.